The van der Waals surface area contributed by atoms with Crippen LogP contribution < -0.4 is 5.32 Å². The van der Waals surface area contributed by atoms with Gasteiger partial charge in [-0.05, 0) is 67.0 Å². The molecule has 0 saturated carbocycles. The summed E-state index contributed by atoms with van der Waals surface area (Å²) in [5.74, 6) is -2.92. The molecule has 4 heterocycles. The number of anilines is 1. The lowest BCUT2D eigenvalue weighted by molar-refractivity contribution is -0.137. The van der Waals surface area contributed by atoms with Crippen molar-refractivity contribution in [2.45, 2.75) is 69.6 Å². The molecule has 1 saturated heterocycles. The second-order valence-electron chi connectivity index (χ2n) is 12.3. The van der Waals surface area contributed by atoms with Crippen LogP contribution in [0.25, 0.3) is 10.9 Å². The van der Waals surface area contributed by atoms with Gasteiger partial charge in [0, 0.05) is 36.7 Å². The van der Waals surface area contributed by atoms with Crippen LogP contribution in [-0.2, 0) is 15.0 Å². The Morgan fingerprint density at radius 3 is 2.72 bits per heavy atom. The van der Waals surface area contributed by atoms with Crippen molar-refractivity contribution in [1.29, 1.82) is 5.26 Å². The van der Waals surface area contributed by atoms with Gasteiger partial charge in [0.1, 0.15) is 29.4 Å². The monoisotopic (exact) mass is 589 g/mol. The van der Waals surface area contributed by atoms with Gasteiger partial charge in [-0.2, -0.15) is 5.26 Å². The van der Waals surface area contributed by atoms with Crippen LogP contribution in [0.4, 0.5) is 14.5 Å². The lowest BCUT2D eigenvalue weighted by Crippen LogP contribution is -2.53. The zero-order chi connectivity index (χ0) is 30.6. The highest BCUT2D eigenvalue weighted by Gasteiger charge is 2.57. The first-order valence-electron chi connectivity index (χ1n) is 14.6. The second kappa shape index (κ2) is 10.8. The number of nitrogens with one attached hydrogen (secondary N) is 2. The Hall–Kier alpha value is -4.30. The van der Waals surface area contributed by atoms with Gasteiger partial charge in [-0.3, -0.25) is 14.4 Å². The van der Waals surface area contributed by atoms with Gasteiger partial charge in [-0.1, -0.05) is 19.9 Å². The lowest BCUT2D eigenvalue weighted by atomic mass is 9.78. The third-order valence-electron chi connectivity index (χ3n) is 9.04. The maximum absolute atomic E-state index is 14.5. The average Bonchev–Trinajstić information content (AvgIpc) is 3.65. The van der Waals surface area contributed by atoms with Crippen LogP contribution in [-0.4, -0.2) is 62.8 Å². The molecule has 4 bridgehead atoms. The zero-order valence-electron chi connectivity index (χ0n) is 24.0. The number of hydrogen-bond acceptors (Lipinski definition) is 5. The first-order valence-corrected chi connectivity index (χ1v) is 14.6. The van der Waals surface area contributed by atoms with Gasteiger partial charge in [0.15, 0.2) is 0 Å². The van der Waals surface area contributed by atoms with E-state index in [9.17, 15) is 33.5 Å². The number of fused-ring (bicyclic) bond motifs is 3. The van der Waals surface area contributed by atoms with E-state index in [4.69, 9.17) is 0 Å². The molecule has 3 aromatic rings. The molecule has 1 spiro atoms. The lowest BCUT2D eigenvalue weighted by Gasteiger charge is -2.35. The van der Waals surface area contributed by atoms with E-state index in [1.807, 2.05) is 19.9 Å². The SMILES string of the molecule is CC(C)C[C@H]1C(=O)N2C[C@]3(C[C@H]2C#N)C(=O)Nc2ccc(cc23)C(O)CCCCN1C(=O)c1cc2c(F)cc(F)cc2[nH]1. The number of amides is 3. The van der Waals surface area contributed by atoms with Crippen LogP contribution in [0.2, 0.25) is 0 Å². The number of aromatic nitrogens is 1. The molecular weight excluding hydrogens is 556 g/mol. The van der Waals surface area contributed by atoms with Crippen molar-refractivity contribution >= 4 is 34.3 Å². The molecule has 2 aromatic carbocycles. The Balaban J connectivity index is 1.44. The highest BCUT2D eigenvalue weighted by molar-refractivity contribution is 6.08. The summed E-state index contributed by atoms with van der Waals surface area (Å²) in [5.41, 5.74) is 0.850. The minimum Gasteiger partial charge on any atom is -0.388 e. The largest absolute Gasteiger partial charge is 0.388 e. The van der Waals surface area contributed by atoms with E-state index < -0.39 is 47.1 Å². The van der Waals surface area contributed by atoms with Crippen molar-refractivity contribution in [2.24, 2.45) is 5.92 Å². The smallest absolute Gasteiger partial charge is 0.270 e. The van der Waals surface area contributed by atoms with Crippen LogP contribution in [0.5, 0.6) is 0 Å². The highest BCUT2D eigenvalue weighted by Crippen LogP contribution is 2.47. The zero-order valence-corrected chi connectivity index (χ0v) is 24.0. The van der Waals surface area contributed by atoms with Crippen LogP contribution >= 0.6 is 0 Å². The Bertz CT molecular complexity index is 1680. The normalized spacial score (nSPS) is 25.7. The molecule has 9 nitrogen and oxygen atoms in total. The highest BCUT2D eigenvalue weighted by atomic mass is 19.1. The standard InChI is InChI=1S/C32H33F2N5O4/c1-17(2)9-27-30(42)39-16-32(14-20(39)15-35)22-10-18(6-7-24(22)37-31(32)43)28(40)5-3-4-8-38(27)29(41)26-13-21-23(34)11-19(33)12-25(21)36-26/h6-7,10-13,17,20,27-28,36,40H,3-5,8-9,14,16H2,1-2H3,(H,37,43)/t20-,27-,28?,32-/m0/s1. The summed E-state index contributed by atoms with van der Waals surface area (Å²) in [6, 6.07) is 8.81. The number of H-pyrrole nitrogens is 1. The molecule has 11 heteroatoms. The number of aliphatic hydroxyl groups excluding tert-OH is 1. The predicted octanol–water partition coefficient (Wildman–Crippen LogP) is 4.53. The number of carbonyl (C=O) groups excluding carboxylic acids is 3. The van der Waals surface area contributed by atoms with Crippen LogP contribution in [0, 0.1) is 28.9 Å². The van der Waals surface area contributed by atoms with E-state index in [-0.39, 0.29) is 54.4 Å². The van der Waals surface area contributed by atoms with Gasteiger partial charge >= 0.3 is 0 Å². The Kier molecular flexibility index (Phi) is 7.21. The fourth-order valence-electron chi connectivity index (χ4n) is 6.87. The molecule has 1 unspecified atom stereocenters. The quantitative estimate of drug-likeness (QED) is 0.413. The van der Waals surface area contributed by atoms with Gasteiger partial charge in [-0.25, -0.2) is 8.78 Å². The van der Waals surface area contributed by atoms with E-state index in [1.54, 1.807) is 12.1 Å². The van der Waals surface area contributed by atoms with Crippen molar-refractivity contribution in [3.63, 3.8) is 0 Å². The Morgan fingerprint density at radius 2 is 1.98 bits per heavy atom. The molecule has 3 N–H and O–H groups in total. The number of carbonyl (C=O) groups is 3. The van der Waals surface area contributed by atoms with Gasteiger partial charge in [-0.15, -0.1) is 0 Å². The minimum atomic E-state index is -1.17. The number of rotatable bonds is 3. The molecule has 4 atom stereocenters. The second-order valence-corrected chi connectivity index (χ2v) is 12.3. The molecule has 3 aliphatic rings. The van der Waals surface area contributed by atoms with E-state index in [2.05, 4.69) is 16.4 Å². The van der Waals surface area contributed by atoms with E-state index in [1.165, 1.54) is 15.9 Å². The summed E-state index contributed by atoms with van der Waals surface area (Å²) in [6.45, 7) is 3.96. The summed E-state index contributed by atoms with van der Waals surface area (Å²) in [6.07, 6.45) is 0.943. The summed E-state index contributed by atoms with van der Waals surface area (Å²) < 4.78 is 28.4. The summed E-state index contributed by atoms with van der Waals surface area (Å²) in [4.78, 5) is 47.7. The van der Waals surface area contributed by atoms with E-state index in [0.717, 1.165) is 12.1 Å². The Labute approximate surface area is 247 Å². The molecule has 3 amide bonds. The number of halogens is 2. The number of aliphatic hydroxyl groups is 1. The first kappa shape index (κ1) is 28.8. The number of hydrogen-bond donors (Lipinski definition) is 3. The number of benzene rings is 2. The maximum Gasteiger partial charge on any atom is 0.270 e. The molecule has 3 aliphatic heterocycles. The molecule has 6 rings (SSSR count). The van der Waals surface area contributed by atoms with Crippen molar-refractivity contribution < 1.29 is 28.3 Å². The maximum atomic E-state index is 14.5. The van der Waals surface area contributed by atoms with Crippen molar-refractivity contribution in [2.75, 3.05) is 18.4 Å². The third-order valence-corrected chi connectivity index (χ3v) is 9.04. The van der Waals surface area contributed by atoms with E-state index >= 15 is 0 Å². The average molecular weight is 590 g/mol. The third kappa shape index (κ3) is 4.83. The first-order chi connectivity index (χ1) is 20.5. The number of nitriles is 1. The molecule has 224 valence electrons. The van der Waals surface area contributed by atoms with Crippen LogP contribution in [0.1, 0.15) is 73.7 Å². The minimum absolute atomic E-state index is 0.00623. The fourth-order valence-corrected chi connectivity index (χ4v) is 6.87. The fraction of sp³-hybridized carbons (Fsp3) is 0.438. The van der Waals surface area contributed by atoms with Gasteiger partial charge in [0.25, 0.3) is 5.91 Å². The number of aromatic amines is 1. The molecule has 0 radical (unpaired) electrons. The summed E-state index contributed by atoms with van der Waals surface area (Å²) in [7, 11) is 0. The molecule has 0 aliphatic carbocycles. The Morgan fingerprint density at radius 1 is 1.19 bits per heavy atom. The van der Waals surface area contributed by atoms with Crippen LogP contribution in [0.3, 0.4) is 0 Å². The summed E-state index contributed by atoms with van der Waals surface area (Å²) >= 11 is 0. The van der Waals surface area contributed by atoms with Gasteiger partial charge in [0.2, 0.25) is 11.8 Å². The predicted molar refractivity (Wildman–Crippen MR) is 154 cm³/mol. The number of nitrogens with zero attached hydrogens (tertiary/aromatic N) is 3. The van der Waals surface area contributed by atoms with E-state index in [0.29, 0.717) is 36.1 Å². The van der Waals surface area contributed by atoms with Crippen molar-refractivity contribution in [3.05, 3.63) is 64.9 Å². The topological polar surface area (TPSA) is 130 Å². The van der Waals surface area contributed by atoms with Crippen molar-refractivity contribution in [1.82, 2.24) is 14.8 Å². The molecular formula is C32H33F2N5O4. The summed E-state index contributed by atoms with van der Waals surface area (Å²) in [5, 5.41) is 24.2. The molecule has 1 fully saturated rings. The van der Waals surface area contributed by atoms with Crippen molar-refractivity contribution in [3.8, 4) is 6.07 Å². The molecule has 43 heavy (non-hydrogen) atoms. The van der Waals surface area contributed by atoms with Gasteiger partial charge in [0.05, 0.1) is 23.1 Å². The molecule has 1 aromatic heterocycles. The van der Waals surface area contributed by atoms with Crippen LogP contribution in [0.15, 0.2) is 36.4 Å². The van der Waals surface area contributed by atoms with Gasteiger partial charge < -0.3 is 25.2 Å².